The van der Waals surface area contributed by atoms with E-state index in [0.29, 0.717) is 11.8 Å². The summed E-state index contributed by atoms with van der Waals surface area (Å²) in [5.41, 5.74) is 3.15. The zero-order valence-corrected chi connectivity index (χ0v) is 24.0. The van der Waals surface area contributed by atoms with Gasteiger partial charge < -0.3 is 9.47 Å². The summed E-state index contributed by atoms with van der Waals surface area (Å²) in [5, 5.41) is 0. The van der Waals surface area contributed by atoms with Crippen LogP contribution in [-0.4, -0.2) is 12.4 Å². The van der Waals surface area contributed by atoms with E-state index in [9.17, 15) is 0 Å². The summed E-state index contributed by atoms with van der Waals surface area (Å²) < 4.78 is 13.6. The Labute approximate surface area is 226 Å². The zero-order chi connectivity index (χ0) is 26.5. The molecular formula is C35H48O2. The van der Waals surface area contributed by atoms with E-state index in [-0.39, 0.29) is 29.1 Å². The number of allylic oxidation sites excluding steroid dienone is 4. The molecule has 2 aromatic rings. The number of hydrogen-bond acceptors (Lipinski definition) is 2. The monoisotopic (exact) mass is 500 g/mol. The van der Waals surface area contributed by atoms with Gasteiger partial charge in [-0.2, -0.15) is 0 Å². The van der Waals surface area contributed by atoms with Crippen molar-refractivity contribution in [3.05, 3.63) is 90.0 Å². The highest BCUT2D eigenvalue weighted by atomic mass is 16.7. The van der Waals surface area contributed by atoms with Gasteiger partial charge in [-0.3, -0.25) is 0 Å². The van der Waals surface area contributed by atoms with Gasteiger partial charge in [-0.1, -0.05) is 121 Å². The Kier molecular flexibility index (Phi) is 9.01. The minimum Gasteiger partial charge on any atom is -0.464 e. The summed E-state index contributed by atoms with van der Waals surface area (Å²) >= 11 is 0. The summed E-state index contributed by atoms with van der Waals surface area (Å²) in [6.07, 6.45) is 15.8. The van der Waals surface area contributed by atoms with Gasteiger partial charge in [0.05, 0.1) is 12.0 Å². The first-order valence-electron chi connectivity index (χ1n) is 14.4. The summed E-state index contributed by atoms with van der Waals surface area (Å²) in [4.78, 5) is 0. The van der Waals surface area contributed by atoms with Gasteiger partial charge in [0.2, 0.25) is 6.29 Å². The molecule has 0 aromatic heterocycles. The van der Waals surface area contributed by atoms with Gasteiger partial charge >= 0.3 is 0 Å². The lowest BCUT2D eigenvalue weighted by Gasteiger charge is -2.36. The molecular weight excluding hydrogens is 452 g/mol. The molecule has 0 amide bonds. The van der Waals surface area contributed by atoms with Crippen LogP contribution in [0.4, 0.5) is 0 Å². The molecule has 37 heavy (non-hydrogen) atoms. The Morgan fingerprint density at radius 2 is 1.49 bits per heavy atom. The molecule has 1 fully saturated rings. The number of hydrogen-bond donors (Lipinski definition) is 0. The summed E-state index contributed by atoms with van der Waals surface area (Å²) in [6, 6.07) is 19.7. The Balaban J connectivity index is 1.62. The number of rotatable bonds is 9. The fourth-order valence-electron chi connectivity index (χ4n) is 6.00. The molecule has 0 heterocycles. The van der Waals surface area contributed by atoms with E-state index in [4.69, 9.17) is 9.47 Å². The van der Waals surface area contributed by atoms with E-state index in [1.165, 1.54) is 24.0 Å². The van der Waals surface area contributed by atoms with Crippen LogP contribution in [0.1, 0.15) is 103 Å². The van der Waals surface area contributed by atoms with Crippen LogP contribution in [0, 0.1) is 16.7 Å². The van der Waals surface area contributed by atoms with Crippen molar-refractivity contribution < 1.29 is 9.47 Å². The minimum absolute atomic E-state index is 0.130. The van der Waals surface area contributed by atoms with Crippen molar-refractivity contribution in [3.63, 3.8) is 0 Å². The van der Waals surface area contributed by atoms with Crippen molar-refractivity contribution in [1.82, 2.24) is 0 Å². The van der Waals surface area contributed by atoms with E-state index in [0.717, 1.165) is 31.4 Å². The zero-order valence-electron chi connectivity index (χ0n) is 24.0. The average Bonchev–Trinajstić information content (AvgIpc) is 3.37. The highest BCUT2D eigenvalue weighted by molar-refractivity contribution is 5.32. The summed E-state index contributed by atoms with van der Waals surface area (Å²) in [5.74, 6) is 1.86. The van der Waals surface area contributed by atoms with E-state index >= 15 is 0 Å². The van der Waals surface area contributed by atoms with Crippen LogP contribution in [0.25, 0.3) is 0 Å². The molecule has 0 spiro atoms. The maximum atomic E-state index is 6.80. The first kappa shape index (κ1) is 27.7. The molecule has 1 saturated carbocycles. The van der Waals surface area contributed by atoms with Crippen LogP contribution < -0.4 is 4.74 Å². The van der Waals surface area contributed by atoms with Crippen molar-refractivity contribution >= 4 is 0 Å². The second kappa shape index (κ2) is 12.0. The second-order valence-corrected chi connectivity index (χ2v) is 13.4. The lowest BCUT2D eigenvalue weighted by molar-refractivity contribution is -0.136. The fourth-order valence-corrected chi connectivity index (χ4v) is 6.00. The quantitative estimate of drug-likeness (QED) is 0.319. The Bertz CT molecular complexity index is 1010. The number of ether oxygens (including phenoxy) is 2. The molecule has 4 unspecified atom stereocenters. The molecule has 2 aromatic carbocycles. The Morgan fingerprint density at radius 1 is 0.811 bits per heavy atom. The van der Waals surface area contributed by atoms with Gasteiger partial charge in [-0.05, 0) is 71.6 Å². The maximum absolute atomic E-state index is 6.80. The fraction of sp³-hybridized carbons (Fsp3) is 0.543. The first-order chi connectivity index (χ1) is 17.6. The number of benzene rings is 2. The predicted molar refractivity (Wildman–Crippen MR) is 156 cm³/mol. The SMILES string of the molecule is CC(C)(C)CC(c1ccc(OC(OC2CCCC2)C(c2ccccc2)C2C=CC=CC2)cc1)C(C)(C)C. The topological polar surface area (TPSA) is 18.5 Å². The van der Waals surface area contributed by atoms with E-state index in [1.807, 2.05) is 0 Å². The van der Waals surface area contributed by atoms with Crippen LogP contribution in [0.5, 0.6) is 5.75 Å². The molecule has 2 heteroatoms. The smallest absolute Gasteiger partial charge is 0.207 e. The molecule has 4 rings (SSSR count). The van der Waals surface area contributed by atoms with Gasteiger partial charge in [0, 0.05) is 0 Å². The van der Waals surface area contributed by atoms with E-state index < -0.39 is 0 Å². The van der Waals surface area contributed by atoms with Crippen molar-refractivity contribution in [2.75, 3.05) is 0 Å². The highest BCUT2D eigenvalue weighted by Gasteiger charge is 2.35. The standard InChI is InChI=1S/C35H48O2/c1-34(2,3)25-31(35(4,5)6)26-21-23-30(24-22-26)37-33(36-29-19-13-14-20-29)32(27-15-9-7-10-16-27)28-17-11-8-12-18-28/h7-12,15-17,21-24,28-29,31-33H,13-14,18-20,25H2,1-6H3. The third kappa shape index (κ3) is 7.84. The normalized spacial score (nSPS) is 21.1. The van der Waals surface area contributed by atoms with Crippen molar-refractivity contribution in [2.45, 2.75) is 104 Å². The summed E-state index contributed by atoms with van der Waals surface area (Å²) in [7, 11) is 0. The summed E-state index contributed by atoms with van der Waals surface area (Å²) in [6.45, 7) is 14.1. The molecule has 2 aliphatic carbocycles. The lowest BCUT2D eigenvalue weighted by Crippen LogP contribution is -2.35. The molecule has 0 saturated heterocycles. The van der Waals surface area contributed by atoms with Crippen LogP contribution in [-0.2, 0) is 4.74 Å². The van der Waals surface area contributed by atoms with Crippen molar-refractivity contribution in [1.29, 1.82) is 0 Å². The Morgan fingerprint density at radius 3 is 2.05 bits per heavy atom. The van der Waals surface area contributed by atoms with Crippen molar-refractivity contribution in [2.24, 2.45) is 16.7 Å². The second-order valence-electron chi connectivity index (χ2n) is 13.4. The van der Waals surface area contributed by atoms with Crippen LogP contribution >= 0.6 is 0 Å². The van der Waals surface area contributed by atoms with Crippen molar-refractivity contribution in [3.8, 4) is 5.75 Å². The molecule has 0 radical (unpaired) electrons. The van der Waals surface area contributed by atoms with Crippen LogP contribution in [0.3, 0.4) is 0 Å². The molecule has 0 aliphatic heterocycles. The Hall–Kier alpha value is -2.32. The third-order valence-electron chi connectivity index (χ3n) is 7.98. The largest absolute Gasteiger partial charge is 0.464 e. The molecule has 2 nitrogen and oxygen atoms in total. The van der Waals surface area contributed by atoms with Gasteiger partial charge in [0.1, 0.15) is 5.75 Å². The molecule has 0 bridgehead atoms. The molecule has 4 atom stereocenters. The average molecular weight is 501 g/mol. The maximum Gasteiger partial charge on any atom is 0.207 e. The van der Waals surface area contributed by atoms with E-state index in [2.05, 4.69) is 120 Å². The lowest BCUT2D eigenvalue weighted by atomic mass is 9.69. The first-order valence-corrected chi connectivity index (χ1v) is 14.4. The van der Waals surface area contributed by atoms with Gasteiger partial charge in [0.15, 0.2) is 0 Å². The van der Waals surface area contributed by atoms with Gasteiger partial charge in [0.25, 0.3) is 0 Å². The van der Waals surface area contributed by atoms with Crippen LogP contribution in [0.15, 0.2) is 78.9 Å². The van der Waals surface area contributed by atoms with Gasteiger partial charge in [-0.25, -0.2) is 0 Å². The highest BCUT2D eigenvalue weighted by Crippen LogP contribution is 2.44. The van der Waals surface area contributed by atoms with Crippen LogP contribution in [0.2, 0.25) is 0 Å². The van der Waals surface area contributed by atoms with E-state index in [1.54, 1.807) is 0 Å². The van der Waals surface area contributed by atoms with Gasteiger partial charge in [-0.15, -0.1) is 0 Å². The predicted octanol–water partition coefficient (Wildman–Crippen LogP) is 9.83. The third-order valence-corrected chi connectivity index (χ3v) is 7.98. The molecule has 2 aliphatic rings. The molecule has 0 N–H and O–H groups in total. The minimum atomic E-state index is -0.328. The molecule has 200 valence electrons.